The lowest BCUT2D eigenvalue weighted by Gasteiger charge is -2.03. The van der Waals surface area contributed by atoms with E-state index < -0.39 is 16.8 Å². The Labute approximate surface area is 106 Å². The molecule has 0 amide bonds. The van der Waals surface area contributed by atoms with Gasteiger partial charge >= 0.3 is 5.97 Å². The van der Waals surface area contributed by atoms with E-state index in [0.29, 0.717) is 14.9 Å². The summed E-state index contributed by atoms with van der Waals surface area (Å²) in [5, 5.41) is 0.704. The second-order valence-corrected chi connectivity index (χ2v) is 5.14. The van der Waals surface area contributed by atoms with Gasteiger partial charge < -0.3 is 4.74 Å². The molecule has 1 aromatic carbocycles. The molecule has 0 spiro atoms. The number of ether oxygens (including phenoxy) is 1. The van der Waals surface area contributed by atoms with E-state index in [1.165, 1.54) is 6.07 Å². The quantitative estimate of drug-likeness (QED) is 0.797. The second kappa shape index (κ2) is 6.23. The van der Waals surface area contributed by atoms with Crippen LogP contribution in [0.2, 0.25) is 10.0 Å². The van der Waals surface area contributed by atoms with Gasteiger partial charge in [0.25, 0.3) is 0 Å². The molecule has 0 saturated heterocycles. The maximum absolute atomic E-state index is 11.7. The topological polar surface area (TPSA) is 43.4 Å². The molecule has 0 bridgehead atoms. The molecule has 16 heavy (non-hydrogen) atoms. The summed E-state index contributed by atoms with van der Waals surface area (Å²) in [7, 11) is -1.45. The van der Waals surface area contributed by atoms with Crippen molar-refractivity contribution in [1.29, 1.82) is 0 Å². The number of carbonyl (C=O) groups excluding carboxylic acids is 1. The molecule has 1 unspecified atom stereocenters. The molecule has 1 rings (SSSR count). The Balaban J connectivity index is 2.73. The van der Waals surface area contributed by atoms with Crippen LogP contribution in [-0.4, -0.2) is 22.5 Å². The molecule has 0 aliphatic rings. The molecular formula is C10H10Cl2O3S. The van der Waals surface area contributed by atoms with Crippen LogP contribution in [0.15, 0.2) is 23.1 Å². The lowest BCUT2D eigenvalue weighted by molar-refractivity contribution is -0.139. The lowest BCUT2D eigenvalue weighted by atomic mass is 10.4. The molecule has 0 aliphatic carbocycles. The van der Waals surface area contributed by atoms with E-state index in [9.17, 15) is 9.00 Å². The van der Waals surface area contributed by atoms with Gasteiger partial charge in [0.15, 0.2) is 0 Å². The molecule has 1 aromatic rings. The van der Waals surface area contributed by atoms with E-state index in [2.05, 4.69) is 0 Å². The van der Waals surface area contributed by atoms with Crippen LogP contribution in [-0.2, 0) is 20.3 Å². The molecule has 0 aliphatic heterocycles. The van der Waals surface area contributed by atoms with Gasteiger partial charge in [-0.3, -0.25) is 9.00 Å². The van der Waals surface area contributed by atoms with E-state index >= 15 is 0 Å². The summed E-state index contributed by atoms with van der Waals surface area (Å²) < 4.78 is 16.4. The Morgan fingerprint density at radius 2 is 2.06 bits per heavy atom. The van der Waals surface area contributed by atoms with Crippen LogP contribution in [0.25, 0.3) is 0 Å². The first-order valence-corrected chi connectivity index (χ1v) is 6.61. The third-order valence-electron chi connectivity index (χ3n) is 1.71. The Morgan fingerprint density at radius 3 is 2.62 bits per heavy atom. The minimum atomic E-state index is -1.45. The fraction of sp³-hybridized carbons (Fsp3) is 0.300. The molecule has 0 saturated carbocycles. The van der Waals surface area contributed by atoms with Crippen molar-refractivity contribution in [3.63, 3.8) is 0 Å². The van der Waals surface area contributed by atoms with Gasteiger partial charge in [0.2, 0.25) is 0 Å². The van der Waals surface area contributed by atoms with Crippen LogP contribution in [0.4, 0.5) is 0 Å². The molecule has 0 heterocycles. The molecule has 0 fully saturated rings. The summed E-state index contributed by atoms with van der Waals surface area (Å²) in [4.78, 5) is 11.6. The van der Waals surface area contributed by atoms with Gasteiger partial charge in [0.05, 0.1) is 27.5 Å². The molecule has 1 atom stereocenters. The van der Waals surface area contributed by atoms with Crippen LogP contribution in [0.1, 0.15) is 6.92 Å². The van der Waals surface area contributed by atoms with Crippen LogP contribution < -0.4 is 0 Å². The molecule has 3 nitrogen and oxygen atoms in total. The number of hydrogen-bond donors (Lipinski definition) is 0. The van der Waals surface area contributed by atoms with Crippen molar-refractivity contribution < 1.29 is 13.7 Å². The van der Waals surface area contributed by atoms with Gasteiger partial charge in [-0.15, -0.1) is 0 Å². The van der Waals surface area contributed by atoms with Crippen molar-refractivity contribution in [3.8, 4) is 0 Å². The minimum Gasteiger partial charge on any atom is -0.465 e. The third kappa shape index (κ3) is 3.77. The predicted molar refractivity (Wildman–Crippen MR) is 64.4 cm³/mol. The first-order valence-electron chi connectivity index (χ1n) is 4.53. The maximum Gasteiger partial charge on any atom is 0.318 e. The largest absolute Gasteiger partial charge is 0.465 e. The zero-order valence-corrected chi connectivity index (χ0v) is 10.9. The number of hydrogen-bond acceptors (Lipinski definition) is 3. The van der Waals surface area contributed by atoms with Crippen molar-refractivity contribution in [1.82, 2.24) is 0 Å². The van der Waals surface area contributed by atoms with E-state index in [1.54, 1.807) is 19.1 Å². The van der Waals surface area contributed by atoms with Crippen LogP contribution in [0.5, 0.6) is 0 Å². The molecule has 88 valence electrons. The first-order chi connectivity index (χ1) is 7.54. The van der Waals surface area contributed by atoms with Gasteiger partial charge in [0, 0.05) is 4.90 Å². The Morgan fingerprint density at radius 1 is 1.38 bits per heavy atom. The number of halogens is 2. The Hall–Kier alpha value is -0.580. The highest BCUT2D eigenvalue weighted by molar-refractivity contribution is 7.85. The summed E-state index contributed by atoms with van der Waals surface area (Å²) >= 11 is 11.5. The summed E-state index contributed by atoms with van der Waals surface area (Å²) in [6.07, 6.45) is 0. The number of rotatable bonds is 4. The van der Waals surface area contributed by atoms with Crippen LogP contribution in [0.3, 0.4) is 0 Å². The van der Waals surface area contributed by atoms with Crippen LogP contribution in [0, 0.1) is 0 Å². The highest BCUT2D eigenvalue weighted by atomic mass is 35.5. The molecule has 0 radical (unpaired) electrons. The maximum atomic E-state index is 11.7. The van der Waals surface area contributed by atoms with Gasteiger partial charge in [-0.05, 0) is 25.1 Å². The third-order valence-corrected chi connectivity index (χ3v) is 3.72. The number of benzene rings is 1. The minimum absolute atomic E-state index is 0.175. The fourth-order valence-electron chi connectivity index (χ4n) is 1.01. The summed E-state index contributed by atoms with van der Waals surface area (Å²) in [5.74, 6) is -0.668. The lowest BCUT2D eigenvalue weighted by Crippen LogP contribution is -2.14. The smallest absolute Gasteiger partial charge is 0.318 e. The van der Waals surface area contributed by atoms with Crippen molar-refractivity contribution >= 4 is 40.0 Å². The highest BCUT2D eigenvalue weighted by Gasteiger charge is 2.12. The standard InChI is InChI=1S/C10H10Cl2O3S/c1-2-15-10(13)6-16(14)7-3-4-8(11)9(12)5-7/h3-5H,2,6H2,1H3. The molecule has 6 heteroatoms. The Bertz CT molecular complexity index is 421. The van der Waals surface area contributed by atoms with Crippen molar-refractivity contribution in [2.45, 2.75) is 11.8 Å². The summed E-state index contributed by atoms with van der Waals surface area (Å²) in [5.41, 5.74) is 0. The van der Waals surface area contributed by atoms with E-state index in [1.807, 2.05) is 0 Å². The van der Waals surface area contributed by atoms with Gasteiger partial charge in [-0.1, -0.05) is 23.2 Å². The average molecular weight is 281 g/mol. The molecule has 0 aromatic heterocycles. The SMILES string of the molecule is CCOC(=O)CS(=O)c1ccc(Cl)c(Cl)c1. The van der Waals surface area contributed by atoms with E-state index in [4.69, 9.17) is 27.9 Å². The van der Waals surface area contributed by atoms with E-state index in [-0.39, 0.29) is 12.4 Å². The van der Waals surface area contributed by atoms with Crippen molar-refractivity contribution in [2.24, 2.45) is 0 Å². The predicted octanol–water partition coefficient (Wildman–Crippen LogP) is 2.66. The average Bonchev–Trinajstić information content (AvgIpc) is 2.22. The zero-order chi connectivity index (χ0) is 12.1. The molecule has 0 N–H and O–H groups in total. The van der Waals surface area contributed by atoms with Crippen LogP contribution >= 0.6 is 23.2 Å². The summed E-state index contributed by atoms with van der Waals surface area (Å²) in [6.45, 7) is 1.97. The monoisotopic (exact) mass is 280 g/mol. The van der Waals surface area contributed by atoms with Gasteiger partial charge in [0.1, 0.15) is 5.75 Å². The summed E-state index contributed by atoms with van der Waals surface area (Å²) in [6, 6.07) is 4.60. The fourth-order valence-corrected chi connectivity index (χ4v) is 2.31. The second-order valence-electron chi connectivity index (χ2n) is 2.87. The number of esters is 1. The number of carbonyl (C=O) groups is 1. The van der Waals surface area contributed by atoms with Gasteiger partial charge in [-0.25, -0.2) is 0 Å². The van der Waals surface area contributed by atoms with Crippen molar-refractivity contribution in [2.75, 3.05) is 12.4 Å². The van der Waals surface area contributed by atoms with E-state index in [0.717, 1.165) is 0 Å². The first kappa shape index (κ1) is 13.5. The van der Waals surface area contributed by atoms with Crippen molar-refractivity contribution in [3.05, 3.63) is 28.2 Å². The van der Waals surface area contributed by atoms with Gasteiger partial charge in [-0.2, -0.15) is 0 Å². The normalized spacial score (nSPS) is 12.2. The highest BCUT2D eigenvalue weighted by Crippen LogP contribution is 2.24. The zero-order valence-electron chi connectivity index (χ0n) is 8.54. The Kier molecular flexibility index (Phi) is 5.25. The molecular weight excluding hydrogens is 271 g/mol.